The molecule has 3 rings (SSSR count). The number of aromatic nitrogens is 3. The summed E-state index contributed by atoms with van der Waals surface area (Å²) in [6, 6.07) is 5.08. The number of H-pyrrole nitrogens is 1. The molecule has 0 spiro atoms. The maximum Gasteiger partial charge on any atom is 0.417 e. The minimum atomic E-state index is -4.61. The van der Waals surface area contributed by atoms with Crippen LogP contribution < -0.4 is 4.90 Å². The van der Waals surface area contributed by atoms with Gasteiger partial charge < -0.3 is 10.0 Å². The maximum absolute atomic E-state index is 13.0. The molecule has 0 bridgehead atoms. The van der Waals surface area contributed by atoms with Gasteiger partial charge in [-0.1, -0.05) is 0 Å². The Morgan fingerprint density at radius 2 is 2.17 bits per heavy atom. The van der Waals surface area contributed by atoms with Crippen LogP contribution in [-0.2, 0) is 11.8 Å². The fraction of sp³-hybridized carbons (Fsp3) is 0.357. The molecule has 120 valence electrons. The molecule has 2 heterocycles. The number of alkyl halides is 3. The van der Waals surface area contributed by atoms with Crippen LogP contribution in [0.2, 0.25) is 0 Å². The molecule has 1 aromatic carbocycles. The number of aromatic amines is 1. The van der Waals surface area contributed by atoms with Crippen molar-refractivity contribution in [3.63, 3.8) is 0 Å². The smallest absolute Gasteiger partial charge is 0.381 e. The third kappa shape index (κ3) is 2.73. The van der Waals surface area contributed by atoms with Gasteiger partial charge in [0.2, 0.25) is 0 Å². The lowest BCUT2D eigenvalue weighted by Crippen LogP contribution is -2.31. The Morgan fingerprint density at radius 1 is 1.39 bits per heavy atom. The molecule has 1 aromatic heterocycles. The second-order valence-electron chi connectivity index (χ2n) is 5.40. The van der Waals surface area contributed by atoms with Crippen LogP contribution in [0.4, 0.5) is 18.9 Å². The fourth-order valence-corrected chi connectivity index (χ4v) is 2.71. The Bertz CT molecular complexity index is 753. The molecule has 0 radical (unpaired) electrons. The molecule has 9 heteroatoms. The highest BCUT2D eigenvalue weighted by molar-refractivity contribution is 5.56. The van der Waals surface area contributed by atoms with E-state index in [0.717, 1.165) is 12.1 Å². The fourth-order valence-electron chi connectivity index (χ4n) is 2.71. The number of aliphatic hydroxyl groups is 1. The van der Waals surface area contributed by atoms with Crippen molar-refractivity contribution in [3.05, 3.63) is 41.2 Å². The summed E-state index contributed by atoms with van der Waals surface area (Å²) in [4.78, 5) is 1.63. The summed E-state index contributed by atoms with van der Waals surface area (Å²) in [6.45, 7) is 0.468. The number of nitrogens with zero attached hydrogens (tertiary/aromatic N) is 4. The summed E-state index contributed by atoms with van der Waals surface area (Å²) >= 11 is 0. The van der Waals surface area contributed by atoms with Gasteiger partial charge in [-0.15, -0.1) is 0 Å². The van der Waals surface area contributed by atoms with E-state index in [0.29, 0.717) is 24.3 Å². The summed E-state index contributed by atoms with van der Waals surface area (Å²) < 4.78 is 39.1. The first-order chi connectivity index (χ1) is 10.8. The lowest BCUT2D eigenvalue weighted by atomic mass is 10.00. The number of anilines is 1. The summed E-state index contributed by atoms with van der Waals surface area (Å²) in [5.41, 5.74) is -2.01. The minimum Gasteiger partial charge on any atom is -0.381 e. The zero-order valence-electron chi connectivity index (χ0n) is 11.8. The van der Waals surface area contributed by atoms with E-state index in [1.165, 1.54) is 12.3 Å². The van der Waals surface area contributed by atoms with E-state index in [-0.39, 0.29) is 6.54 Å². The molecule has 1 fully saturated rings. The number of benzene rings is 1. The van der Waals surface area contributed by atoms with Crippen LogP contribution in [0.25, 0.3) is 0 Å². The Balaban J connectivity index is 1.91. The van der Waals surface area contributed by atoms with Gasteiger partial charge in [0.1, 0.15) is 11.3 Å². The summed E-state index contributed by atoms with van der Waals surface area (Å²) in [6.07, 6.45) is -2.90. The van der Waals surface area contributed by atoms with Gasteiger partial charge in [-0.05, 0) is 18.2 Å². The third-order valence-corrected chi connectivity index (χ3v) is 3.93. The van der Waals surface area contributed by atoms with Gasteiger partial charge in [-0.3, -0.25) is 0 Å². The van der Waals surface area contributed by atoms with Crippen molar-refractivity contribution < 1.29 is 18.3 Å². The van der Waals surface area contributed by atoms with E-state index in [1.54, 1.807) is 11.0 Å². The second-order valence-corrected chi connectivity index (χ2v) is 5.40. The number of hydrogen-bond acceptors (Lipinski definition) is 5. The quantitative estimate of drug-likeness (QED) is 0.879. The predicted octanol–water partition coefficient (Wildman–Crippen LogP) is 1.79. The SMILES string of the molecule is N#Cc1ccc(N2CC[C@@](O)(c3cn[nH]n3)C2)cc1C(F)(F)F. The number of nitriles is 1. The zero-order chi connectivity index (χ0) is 16.7. The van der Waals surface area contributed by atoms with Crippen LogP contribution in [-0.4, -0.2) is 33.6 Å². The molecule has 23 heavy (non-hydrogen) atoms. The molecule has 0 saturated carbocycles. The number of nitrogens with one attached hydrogen (secondary N) is 1. The molecule has 0 aliphatic carbocycles. The van der Waals surface area contributed by atoms with E-state index < -0.39 is 22.9 Å². The van der Waals surface area contributed by atoms with Gasteiger partial charge in [-0.2, -0.15) is 33.8 Å². The topological polar surface area (TPSA) is 88.8 Å². The molecular formula is C14H12F3N5O. The van der Waals surface area contributed by atoms with Crippen LogP contribution in [0.15, 0.2) is 24.4 Å². The highest BCUT2D eigenvalue weighted by Crippen LogP contribution is 2.37. The zero-order valence-corrected chi connectivity index (χ0v) is 11.8. The monoisotopic (exact) mass is 323 g/mol. The first-order valence-electron chi connectivity index (χ1n) is 6.78. The lowest BCUT2D eigenvalue weighted by molar-refractivity contribution is -0.137. The van der Waals surface area contributed by atoms with E-state index in [2.05, 4.69) is 15.4 Å². The molecule has 2 aromatic rings. The van der Waals surface area contributed by atoms with Gasteiger partial charge in [0, 0.05) is 18.7 Å². The van der Waals surface area contributed by atoms with Crippen molar-refractivity contribution in [2.45, 2.75) is 18.2 Å². The van der Waals surface area contributed by atoms with Crippen LogP contribution >= 0.6 is 0 Å². The van der Waals surface area contributed by atoms with Gasteiger partial charge in [0.15, 0.2) is 0 Å². The number of hydrogen-bond donors (Lipinski definition) is 2. The molecule has 0 unspecified atom stereocenters. The molecule has 1 saturated heterocycles. The van der Waals surface area contributed by atoms with E-state index >= 15 is 0 Å². The summed E-state index contributed by atoms with van der Waals surface area (Å²) in [7, 11) is 0. The van der Waals surface area contributed by atoms with E-state index in [9.17, 15) is 18.3 Å². The van der Waals surface area contributed by atoms with Crippen LogP contribution in [0, 0.1) is 11.3 Å². The van der Waals surface area contributed by atoms with Crippen molar-refractivity contribution in [2.24, 2.45) is 0 Å². The number of rotatable bonds is 2. The largest absolute Gasteiger partial charge is 0.417 e. The molecule has 0 amide bonds. The van der Waals surface area contributed by atoms with Gasteiger partial charge in [0.05, 0.1) is 29.9 Å². The Kier molecular flexibility index (Phi) is 3.49. The highest BCUT2D eigenvalue weighted by Gasteiger charge is 2.41. The Morgan fingerprint density at radius 3 is 2.78 bits per heavy atom. The van der Waals surface area contributed by atoms with Crippen LogP contribution in [0.1, 0.15) is 23.2 Å². The standard InChI is InChI=1S/C14H12F3N5O/c15-14(16,17)11-5-10(2-1-9(11)6-18)22-4-3-13(23,8-22)12-7-19-21-20-12/h1-2,5,7,23H,3-4,8H2,(H,19,20,21)/t13-/m0/s1. The Labute approximate surface area is 129 Å². The minimum absolute atomic E-state index is 0.0999. The maximum atomic E-state index is 13.0. The first kappa shape index (κ1) is 15.3. The molecule has 6 nitrogen and oxygen atoms in total. The van der Waals surface area contributed by atoms with Crippen molar-refractivity contribution in [2.75, 3.05) is 18.0 Å². The third-order valence-electron chi connectivity index (χ3n) is 3.93. The van der Waals surface area contributed by atoms with E-state index in [4.69, 9.17) is 5.26 Å². The molecular weight excluding hydrogens is 311 g/mol. The van der Waals surface area contributed by atoms with Gasteiger partial charge >= 0.3 is 6.18 Å². The predicted molar refractivity (Wildman–Crippen MR) is 73.3 cm³/mol. The number of β-amino-alcohol motifs (C(OH)–C–C–N with tert-alkyl or cyclic N) is 1. The van der Waals surface area contributed by atoms with E-state index in [1.807, 2.05) is 0 Å². The molecule has 1 atom stereocenters. The highest BCUT2D eigenvalue weighted by atomic mass is 19.4. The van der Waals surface area contributed by atoms with Crippen molar-refractivity contribution in [1.82, 2.24) is 15.4 Å². The molecule has 1 aliphatic rings. The average molecular weight is 323 g/mol. The van der Waals surface area contributed by atoms with Crippen LogP contribution in [0.5, 0.6) is 0 Å². The van der Waals surface area contributed by atoms with Crippen molar-refractivity contribution >= 4 is 5.69 Å². The van der Waals surface area contributed by atoms with Gasteiger partial charge in [0.25, 0.3) is 0 Å². The lowest BCUT2D eigenvalue weighted by Gasteiger charge is -2.23. The van der Waals surface area contributed by atoms with Crippen LogP contribution in [0.3, 0.4) is 0 Å². The normalized spacial score (nSPS) is 21.4. The van der Waals surface area contributed by atoms with Crippen molar-refractivity contribution in [1.29, 1.82) is 5.26 Å². The summed E-state index contributed by atoms with van der Waals surface area (Å²) in [5, 5.41) is 29.3. The molecule has 1 aliphatic heterocycles. The molecule has 2 N–H and O–H groups in total. The average Bonchev–Trinajstić information content (AvgIpc) is 3.16. The van der Waals surface area contributed by atoms with Gasteiger partial charge in [-0.25, -0.2) is 0 Å². The number of halogens is 3. The Hall–Kier alpha value is -2.60. The van der Waals surface area contributed by atoms with Crippen molar-refractivity contribution in [3.8, 4) is 6.07 Å². The first-order valence-corrected chi connectivity index (χ1v) is 6.78. The summed E-state index contributed by atoms with van der Waals surface area (Å²) in [5.74, 6) is 0. The second kappa shape index (κ2) is 5.24.